The lowest BCUT2D eigenvalue weighted by Crippen LogP contribution is -2.24. The van der Waals surface area contributed by atoms with Gasteiger partial charge in [-0.3, -0.25) is 9.97 Å². The lowest BCUT2D eigenvalue weighted by Gasteiger charge is -2.25. The standard InChI is InChI=1S/C17H21N3/c1-13-9-20-16(12-19-13)11-18-10-15-7-4-6-14-5-2-3-8-17(14)15/h2-3,5,8-9,12,15,18H,4,6-7,10-11H2,1H3. The molecule has 20 heavy (non-hydrogen) atoms. The van der Waals surface area contributed by atoms with Crippen molar-refractivity contribution in [2.45, 2.75) is 38.6 Å². The highest BCUT2D eigenvalue weighted by molar-refractivity contribution is 5.32. The highest BCUT2D eigenvalue weighted by atomic mass is 14.9. The number of fused-ring (bicyclic) bond motifs is 1. The van der Waals surface area contributed by atoms with Crippen molar-refractivity contribution in [3.63, 3.8) is 0 Å². The summed E-state index contributed by atoms with van der Waals surface area (Å²) < 4.78 is 0. The van der Waals surface area contributed by atoms with Gasteiger partial charge in [0.2, 0.25) is 0 Å². The molecule has 1 aromatic carbocycles. The Labute approximate surface area is 120 Å². The Balaban J connectivity index is 1.58. The first-order valence-corrected chi connectivity index (χ1v) is 7.39. The SMILES string of the molecule is Cc1cnc(CNCC2CCCc3ccccc32)cn1. The number of aromatic nitrogens is 2. The van der Waals surface area contributed by atoms with Crippen molar-refractivity contribution in [3.05, 3.63) is 59.2 Å². The van der Waals surface area contributed by atoms with Gasteiger partial charge < -0.3 is 5.32 Å². The zero-order chi connectivity index (χ0) is 13.8. The van der Waals surface area contributed by atoms with E-state index in [1.54, 1.807) is 0 Å². The van der Waals surface area contributed by atoms with E-state index in [1.807, 2.05) is 19.3 Å². The smallest absolute Gasteiger partial charge is 0.0724 e. The van der Waals surface area contributed by atoms with Gasteiger partial charge in [-0.05, 0) is 43.2 Å². The van der Waals surface area contributed by atoms with Crippen LogP contribution in [-0.2, 0) is 13.0 Å². The van der Waals surface area contributed by atoms with Crippen LogP contribution in [0.4, 0.5) is 0 Å². The van der Waals surface area contributed by atoms with E-state index in [-0.39, 0.29) is 0 Å². The van der Waals surface area contributed by atoms with Gasteiger partial charge in [-0.15, -0.1) is 0 Å². The second-order valence-electron chi connectivity index (χ2n) is 5.57. The molecule has 0 saturated carbocycles. The maximum Gasteiger partial charge on any atom is 0.0724 e. The number of hydrogen-bond acceptors (Lipinski definition) is 3. The van der Waals surface area contributed by atoms with Gasteiger partial charge >= 0.3 is 0 Å². The van der Waals surface area contributed by atoms with Crippen LogP contribution in [-0.4, -0.2) is 16.5 Å². The van der Waals surface area contributed by atoms with Gasteiger partial charge in [0.1, 0.15) is 0 Å². The molecule has 1 heterocycles. The van der Waals surface area contributed by atoms with Crippen molar-refractivity contribution >= 4 is 0 Å². The predicted octanol–water partition coefficient (Wildman–Crippen LogP) is 2.99. The summed E-state index contributed by atoms with van der Waals surface area (Å²) in [5.74, 6) is 0.637. The summed E-state index contributed by atoms with van der Waals surface area (Å²) in [4.78, 5) is 8.66. The Bertz CT molecular complexity index is 563. The van der Waals surface area contributed by atoms with Crippen LogP contribution in [0.1, 0.15) is 41.3 Å². The molecule has 0 bridgehead atoms. The summed E-state index contributed by atoms with van der Waals surface area (Å²) in [5.41, 5.74) is 5.04. The molecule has 1 N–H and O–H groups in total. The minimum atomic E-state index is 0.637. The molecule has 104 valence electrons. The zero-order valence-electron chi connectivity index (χ0n) is 12.0. The lowest BCUT2D eigenvalue weighted by molar-refractivity contribution is 0.504. The van der Waals surface area contributed by atoms with Crippen molar-refractivity contribution in [1.82, 2.24) is 15.3 Å². The molecule has 0 spiro atoms. The van der Waals surface area contributed by atoms with E-state index in [2.05, 4.69) is 39.6 Å². The molecule has 2 aromatic rings. The van der Waals surface area contributed by atoms with Crippen molar-refractivity contribution in [2.24, 2.45) is 0 Å². The summed E-state index contributed by atoms with van der Waals surface area (Å²) in [6.45, 7) is 3.78. The molecule has 1 unspecified atom stereocenters. The number of hydrogen-bond donors (Lipinski definition) is 1. The van der Waals surface area contributed by atoms with Crippen LogP contribution in [0, 0.1) is 6.92 Å². The normalized spacial score (nSPS) is 17.8. The lowest BCUT2D eigenvalue weighted by atomic mass is 9.83. The Morgan fingerprint density at radius 3 is 2.95 bits per heavy atom. The van der Waals surface area contributed by atoms with Crippen molar-refractivity contribution in [2.75, 3.05) is 6.54 Å². The monoisotopic (exact) mass is 267 g/mol. The fourth-order valence-electron chi connectivity index (χ4n) is 2.95. The number of aryl methyl sites for hydroxylation is 2. The van der Waals surface area contributed by atoms with Gasteiger partial charge in [-0.25, -0.2) is 0 Å². The van der Waals surface area contributed by atoms with E-state index >= 15 is 0 Å². The van der Waals surface area contributed by atoms with Crippen LogP contribution in [0.5, 0.6) is 0 Å². The second kappa shape index (κ2) is 6.14. The Morgan fingerprint density at radius 2 is 2.10 bits per heavy atom. The van der Waals surface area contributed by atoms with Gasteiger partial charge in [-0.1, -0.05) is 24.3 Å². The summed E-state index contributed by atoms with van der Waals surface area (Å²) in [6.07, 6.45) is 7.50. The highest BCUT2D eigenvalue weighted by Gasteiger charge is 2.19. The molecule has 1 atom stereocenters. The molecule has 0 saturated heterocycles. The maximum absolute atomic E-state index is 4.38. The van der Waals surface area contributed by atoms with Gasteiger partial charge in [0.15, 0.2) is 0 Å². The minimum Gasteiger partial charge on any atom is -0.311 e. The molecule has 0 amide bonds. The van der Waals surface area contributed by atoms with Crippen LogP contribution >= 0.6 is 0 Å². The molecule has 3 nitrogen and oxygen atoms in total. The average molecular weight is 267 g/mol. The van der Waals surface area contributed by atoms with E-state index in [0.717, 1.165) is 24.5 Å². The fourth-order valence-corrected chi connectivity index (χ4v) is 2.95. The first kappa shape index (κ1) is 13.3. The summed E-state index contributed by atoms with van der Waals surface area (Å²) >= 11 is 0. The third kappa shape index (κ3) is 3.05. The van der Waals surface area contributed by atoms with Gasteiger partial charge in [-0.2, -0.15) is 0 Å². The Morgan fingerprint density at radius 1 is 1.20 bits per heavy atom. The van der Waals surface area contributed by atoms with Crippen LogP contribution < -0.4 is 5.32 Å². The van der Waals surface area contributed by atoms with Crippen molar-refractivity contribution in [1.29, 1.82) is 0 Å². The second-order valence-corrected chi connectivity index (χ2v) is 5.57. The van der Waals surface area contributed by atoms with Gasteiger partial charge in [0, 0.05) is 25.5 Å². The molecule has 1 aromatic heterocycles. The molecule has 0 fully saturated rings. The number of rotatable bonds is 4. The summed E-state index contributed by atoms with van der Waals surface area (Å²) in [5, 5.41) is 3.53. The van der Waals surface area contributed by atoms with Crippen LogP contribution in [0.15, 0.2) is 36.7 Å². The van der Waals surface area contributed by atoms with E-state index in [0.29, 0.717) is 5.92 Å². The quantitative estimate of drug-likeness (QED) is 0.925. The fraction of sp³-hybridized carbons (Fsp3) is 0.412. The average Bonchev–Trinajstić information content (AvgIpc) is 2.49. The number of nitrogens with zero attached hydrogens (tertiary/aromatic N) is 2. The first-order valence-electron chi connectivity index (χ1n) is 7.39. The van der Waals surface area contributed by atoms with Gasteiger partial charge in [0.05, 0.1) is 11.4 Å². The molecule has 1 aliphatic rings. The summed E-state index contributed by atoms with van der Waals surface area (Å²) in [7, 11) is 0. The van der Waals surface area contributed by atoms with E-state index in [1.165, 1.54) is 30.4 Å². The van der Waals surface area contributed by atoms with Crippen molar-refractivity contribution in [3.8, 4) is 0 Å². The molecule has 1 aliphatic carbocycles. The van der Waals surface area contributed by atoms with E-state index in [4.69, 9.17) is 0 Å². The first-order chi connectivity index (χ1) is 9.83. The largest absolute Gasteiger partial charge is 0.311 e. The molecule has 0 radical (unpaired) electrons. The third-order valence-electron chi connectivity index (χ3n) is 4.02. The van der Waals surface area contributed by atoms with Gasteiger partial charge in [0.25, 0.3) is 0 Å². The van der Waals surface area contributed by atoms with Crippen LogP contribution in [0.2, 0.25) is 0 Å². The molecule has 3 heteroatoms. The van der Waals surface area contributed by atoms with Crippen LogP contribution in [0.25, 0.3) is 0 Å². The highest BCUT2D eigenvalue weighted by Crippen LogP contribution is 2.30. The molecular formula is C17H21N3. The van der Waals surface area contributed by atoms with E-state index < -0.39 is 0 Å². The third-order valence-corrected chi connectivity index (χ3v) is 4.02. The summed E-state index contributed by atoms with van der Waals surface area (Å²) in [6, 6.07) is 8.86. The topological polar surface area (TPSA) is 37.8 Å². The van der Waals surface area contributed by atoms with Crippen LogP contribution in [0.3, 0.4) is 0 Å². The van der Waals surface area contributed by atoms with E-state index in [9.17, 15) is 0 Å². The molecule has 3 rings (SSSR count). The maximum atomic E-state index is 4.38. The number of benzene rings is 1. The zero-order valence-corrected chi connectivity index (χ0v) is 12.0. The predicted molar refractivity (Wildman–Crippen MR) is 80.6 cm³/mol. The molecular weight excluding hydrogens is 246 g/mol. The minimum absolute atomic E-state index is 0.637. The Kier molecular flexibility index (Phi) is 4.07. The molecule has 0 aliphatic heterocycles. The van der Waals surface area contributed by atoms with Crippen molar-refractivity contribution < 1.29 is 0 Å². The number of nitrogens with one attached hydrogen (secondary N) is 1. The Hall–Kier alpha value is -1.74.